The Kier molecular flexibility index (Phi) is 4.32. The van der Waals surface area contributed by atoms with Gasteiger partial charge in [0.05, 0.1) is 16.1 Å². The summed E-state index contributed by atoms with van der Waals surface area (Å²) in [5.41, 5.74) is 2.76. The second-order valence-electron chi connectivity index (χ2n) is 8.36. The Hall–Kier alpha value is -1.80. The average molecular weight is 459 g/mol. The van der Waals surface area contributed by atoms with Crippen molar-refractivity contribution in [1.82, 2.24) is 29.4 Å². The van der Waals surface area contributed by atoms with E-state index in [9.17, 15) is 0 Å². The molecule has 146 valence electrons. The third-order valence-corrected chi connectivity index (χ3v) is 7.92. The van der Waals surface area contributed by atoms with Crippen LogP contribution in [0, 0.1) is 11.3 Å². The molecule has 0 spiro atoms. The summed E-state index contributed by atoms with van der Waals surface area (Å²) in [5.74, 6) is 1.49. The molecule has 0 amide bonds. The maximum Gasteiger partial charge on any atom is 0.173 e. The molecule has 0 aliphatic heterocycles. The number of rotatable bonds is 4. The number of aryl methyl sites for hydroxylation is 1. The van der Waals surface area contributed by atoms with Crippen molar-refractivity contribution in [2.75, 3.05) is 0 Å². The quantitative estimate of drug-likeness (QED) is 0.436. The standard InChI is InChI=1S/C20H23BrN6S/c1-4-20(2,3)12-5-6-14-15(7-12)28-19-17(14)18-24-16(25-27(18)11-22-19)10-26-9-13(21)8-23-26/h8-9,11-12H,4-7,10H2,1-3H3. The molecule has 0 N–H and O–H groups in total. The minimum Gasteiger partial charge on any atom is -0.264 e. The normalized spacial score (nSPS) is 17.5. The van der Waals surface area contributed by atoms with E-state index in [0.29, 0.717) is 12.0 Å². The topological polar surface area (TPSA) is 60.9 Å². The molecule has 0 radical (unpaired) electrons. The first-order chi connectivity index (χ1) is 13.4. The van der Waals surface area contributed by atoms with Gasteiger partial charge in [0.15, 0.2) is 11.5 Å². The molecule has 0 saturated carbocycles. The number of nitrogens with zero attached hydrogens (tertiary/aromatic N) is 6. The summed E-state index contributed by atoms with van der Waals surface area (Å²) in [6.07, 6.45) is 10.2. The highest BCUT2D eigenvalue weighted by Crippen LogP contribution is 2.44. The monoisotopic (exact) mass is 458 g/mol. The van der Waals surface area contributed by atoms with Crippen LogP contribution < -0.4 is 0 Å². The maximum atomic E-state index is 4.85. The SMILES string of the molecule is CCC(C)(C)C1CCc2c(sc3ncn4nc(Cn5cc(Br)cn5)nc4c23)C1. The molecule has 4 aromatic rings. The predicted molar refractivity (Wildman–Crippen MR) is 115 cm³/mol. The first-order valence-electron chi connectivity index (χ1n) is 9.77. The van der Waals surface area contributed by atoms with E-state index in [1.165, 1.54) is 28.7 Å². The Morgan fingerprint density at radius 2 is 2.21 bits per heavy atom. The molecule has 0 bridgehead atoms. The fourth-order valence-electron chi connectivity index (χ4n) is 4.21. The Bertz CT molecular complexity index is 1170. The van der Waals surface area contributed by atoms with E-state index in [1.807, 2.05) is 26.7 Å². The van der Waals surface area contributed by atoms with Gasteiger partial charge in [-0.15, -0.1) is 16.4 Å². The van der Waals surface area contributed by atoms with Gasteiger partial charge in [0.25, 0.3) is 0 Å². The van der Waals surface area contributed by atoms with Gasteiger partial charge in [-0.25, -0.2) is 14.5 Å². The average Bonchev–Trinajstić information content (AvgIpc) is 3.36. The van der Waals surface area contributed by atoms with E-state index in [-0.39, 0.29) is 0 Å². The van der Waals surface area contributed by atoms with E-state index >= 15 is 0 Å². The summed E-state index contributed by atoms with van der Waals surface area (Å²) in [4.78, 5) is 12.1. The maximum absolute atomic E-state index is 4.85. The Balaban J connectivity index is 1.55. The van der Waals surface area contributed by atoms with Gasteiger partial charge in [-0.2, -0.15) is 5.10 Å². The highest BCUT2D eigenvalue weighted by Gasteiger charge is 2.33. The minimum atomic E-state index is 0.386. The van der Waals surface area contributed by atoms with Crippen LogP contribution in [-0.2, 0) is 19.4 Å². The summed E-state index contributed by atoms with van der Waals surface area (Å²) in [5, 5.41) is 10.1. The summed E-state index contributed by atoms with van der Waals surface area (Å²) >= 11 is 5.28. The fourth-order valence-corrected chi connectivity index (χ4v) is 5.80. The van der Waals surface area contributed by atoms with E-state index in [2.05, 4.69) is 46.9 Å². The number of halogens is 1. The van der Waals surface area contributed by atoms with Crippen molar-refractivity contribution < 1.29 is 0 Å². The summed E-state index contributed by atoms with van der Waals surface area (Å²) < 4.78 is 4.62. The van der Waals surface area contributed by atoms with Gasteiger partial charge >= 0.3 is 0 Å². The minimum absolute atomic E-state index is 0.386. The van der Waals surface area contributed by atoms with Crippen molar-refractivity contribution in [3.05, 3.63) is 39.5 Å². The molecule has 0 aromatic carbocycles. The Morgan fingerprint density at radius 1 is 1.36 bits per heavy atom. The van der Waals surface area contributed by atoms with E-state index in [4.69, 9.17) is 9.97 Å². The highest BCUT2D eigenvalue weighted by atomic mass is 79.9. The fraction of sp³-hybridized carbons (Fsp3) is 0.500. The van der Waals surface area contributed by atoms with Crippen molar-refractivity contribution in [3.63, 3.8) is 0 Å². The molecule has 28 heavy (non-hydrogen) atoms. The molecule has 8 heteroatoms. The van der Waals surface area contributed by atoms with Gasteiger partial charge in [0.1, 0.15) is 17.7 Å². The van der Waals surface area contributed by atoms with Gasteiger partial charge in [0.2, 0.25) is 0 Å². The largest absolute Gasteiger partial charge is 0.264 e. The summed E-state index contributed by atoms with van der Waals surface area (Å²) in [6.45, 7) is 7.67. The lowest BCUT2D eigenvalue weighted by molar-refractivity contribution is 0.184. The molecule has 4 heterocycles. The zero-order valence-electron chi connectivity index (χ0n) is 16.3. The predicted octanol–water partition coefficient (Wildman–Crippen LogP) is 4.89. The first kappa shape index (κ1) is 18.2. The molecule has 1 atom stereocenters. The van der Waals surface area contributed by atoms with E-state index < -0.39 is 0 Å². The third kappa shape index (κ3) is 2.97. The van der Waals surface area contributed by atoms with Crippen LogP contribution in [-0.4, -0.2) is 29.4 Å². The number of hydrogen-bond acceptors (Lipinski definition) is 5. The molecule has 0 saturated heterocycles. The van der Waals surface area contributed by atoms with Crippen molar-refractivity contribution in [2.45, 2.75) is 53.0 Å². The van der Waals surface area contributed by atoms with E-state index in [1.54, 1.807) is 12.5 Å². The van der Waals surface area contributed by atoms with Crippen LogP contribution in [0.5, 0.6) is 0 Å². The lowest BCUT2D eigenvalue weighted by atomic mass is 9.70. The van der Waals surface area contributed by atoms with Crippen LogP contribution in [0.15, 0.2) is 23.2 Å². The molecule has 6 nitrogen and oxygen atoms in total. The molecule has 0 fully saturated rings. The zero-order valence-corrected chi connectivity index (χ0v) is 18.7. The van der Waals surface area contributed by atoms with Crippen LogP contribution in [0.4, 0.5) is 0 Å². The number of hydrogen-bond donors (Lipinski definition) is 0. The smallest absolute Gasteiger partial charge is 0.173 e. The second-order valence-corrected chi connectivity index (χ2v) is 10.4. The van der Waals surface area contributed by atoms with Gasteiger partial charge in [-0.3, -0.25) is 4.68 Å². The number of fused-ring (bicyclic) bond motifs is 5. The highest BCUT2D eigenvalue weighted by molar-refractivity contribution is 9.10. The number of thiophene rings is 1. The Labute approximate surface area is 176 Å². The van der Waals surface area contributed by atoms with Gasteiger partial charge in [0, 0.05) is 11.1 Å². The van der Waals surface area contributed by atoms with E-state index in [0.717, 1.165) is 39.5 Å². The first-order valence-corrected chi connectivity index (χ1v) is 11.4. The van der Waals surface area contributed by atoms with Crippen molar-refractivity contribution >= 4 is 43.1 Å². The summed E-state index contributed by atoms with van der Waals surface area (Å²) in [6, 6.07) is 0. The van der Waals surface area contributed by atoms with Crippen LogP contribution in [0.25, 0.3) is 15.9 Å². The van der Waals surface area contributed by atoms with Crippen LogP contribution >= 0.6 is 27.3 Å². The van der Waals surface area contributed by atoms with Crippen molar-refractivity contribution in [2.24, 2.45) is 11.3 Å². The van der Waals surface area contributed by atoms with Gasteiger partial charge in [-0.1, -0.05) is 27.2 Å². The van der Waals surface area contributed by atoms with Gasteiger partial charge in [-0.05, 0) is 52.1 Å². The summed E-state index contributed by atoms with van der Waals surface area (Å²) in [7, 11) is 0. The van der Waals surface area contributed by atoms with Crippen LogP contribution in [0.3, 0.4) is 0 Å². The molecule has 1 aliphatic rings. The van der Waals surface area contributed by atoms with Gasteiger partial charge < -0.3 is 0 Å². The van der Waals surface area contributed by atoms with Crippen molar-refractivity contribution in [3.8, 4) is 0 Å². The molecule has 4 aromatic heterocycles. The second kappa shape index (κ2) is 6.62. The van der Waals surface area contributed by atoms with Crippen LogP contribution in [0.1, 0.15) is 49.9 Å². The molecule has 5 rings (SSSR count). The molecule has 1 unspecified atom stereocenters. The lowest BCUT2D eigenvalue weighted by Crippen LogP contribution is -2.28. The Morgan fingerprint density at radius 3 is 2.96 bits per heavy atom. The molecular formula is C20H23BrN6S. The number of aromatic nitrogens is 6. The molecular weight excluding hydrogens is 436 g/mol. The molecule has 1 aliphatic carbocycles. The lowest BCUT2D eigenvalue weighted by Gasteiger charge is -2.36. The zero-order chi connectivity index (χ0) is 19.5. The van der Waals surface area contributed by atoms with Crippen LogP contribution in [0.2, 0.25) is 0 Å². The third-order valence-electron chi connectivity index (χ3n) is 6.35. The van der Waals surface area contributed by atoms with Crippen molar-refractivity contribution in [1.29, 1.82) is 0 Å².